The molecule has 0 spiro atoms. The van der Waals surface area contributed by atoms with Crippen molar-refractivity contribution in [3.63, 3.8) is 0 Å². The Morgan fingerprint density at radius 2 is 1.67 bits per heavy atom. The van der Waals surface area contributed by atoms with Gasteiger partial charge in [0.2, 0.25) is 5.75 Å². The first-order valence-corrected chi connectivity index (χ1v) is 7.93. The van der Waals surface area contributed by atoms with Gasteiger partial charge in [-0.2, -0.15) is 0 Å². The third kappa shape index (κ3) is 6.62. The predicted octanol–water partition coefficient (Wildman–Crippen LogP) is 3.18. The molecule has 2 N–H and O–H groups in total. The fourth-order valence-electron chi connectivity index (χ4n) is 2.05. The van der Waals surface area contributed by atoms with Crippen LogP contribution in [0.3, 0.4) is 0 Å². The zero-order chi connectivity index (χ0) is 17.2. The van der Waals surface area contributed by atoms with Gasteiger partial charge in [0.1, 0.15) is 0 Å². The number of benzene rings is 1. The van der Waals surface area contributed by atoms with Crippen molar-refractivity contribution in [3.05, 3.63) is 17.7 Å². The molecule has 7 heteroatoms. The summed E-state index contributed by atoms with van der Waals surface area (Å²) >= 11 is 0. The van der Waals surface area contributed by atoms with Crippen molar-refractivity contribution in [1.82, 2.24) is 10.6 Å². The van der Waals surface area contributed by atoms with Gasteiger partial charge in [-0.3, -0.25) is 0 Å². The second-order valence-electron chi connectivity index (χ2n) is 5.18. The molecule has 0 fully saturated rings. The summed E-state index contributed by atoms with van der Waals surface area (Å²) in [4.78, 5) is 4.62. The molecule has 1 atom stereocenters. The molecule has 0 amide bonds. The van der Waals surface area contributed by atoms with E-state index in [9.17, 15) is 0 Å². The van der Waals surface area contributed by atoms with E-state index in [0.717, 1.165) is 24.5 Å². The molecule has 0 radical (unpaired) electrons. The number of hydrogen-bond donors (Lipinski definition) is 2. The van der Waals surface area contributed by atoms with Crippen molar-refractivity contribution in [2.24, 2.45) is 4.99 Å². The molecule has 0 saturated carbocycles. The highest BCUT2D eigenvalue weighted by atomic mass is 127. The van der Waals surface area contributed by atoms with E-state index >= 15 is 0 Å². The molecule has 6 nitrogen and oxygen atoms in total. The Labute approximate surface area is 162 Å². The number of rotatable bonds is 8. The van der Waals surface area contributed by atoms with Gasteiger partial charge in [-0.05, 0) is 38.0 Å². The monoisotopic (exact) mass is 451 g/mol. The zero-order valence-corrected chi connectivity index (χ0v) is 17.8. The molecule has 0 aliphatic carbocycles. The molecule has 0 aliphatic heterocycles. The van der Waals surface area contributed by atoms with E-state index in [1.807, 2.05) is 19.1 Å². The molecule has 0 aromatic heterocycles. The van der Waals surface area contributed by atoms with Gasteiger partial charge in [-0.25, -0.2) is 4.99 Å². The fourth-order valence-corrected chi connectivity index (χ4v) is 2.05. The number of hydrogen-bond acceptors (Lipinski definition) is 4. The van der Waals surface area contributed by atoms with Gasteiger partial charge < -0.3 is 24.8 Å². The van der Waals surface area contributed by atoms with Crippen molar-refractivity contribution in [3.8, 4) is 17.2 Å². The second kappa shape index (κ2) is 12.0. The molecule has 0 bridgehead atoms. The lowest BCUT2D eigenvalue weighted by atomic mass is 10.2. The van der Waals surface area contributed by atoms with E-state index in [2.05, 4.69) is 29.5 Å². The Hall–Kier alpha value is -1.38. The summed E-state index contributed by atoms with van der Waals surface area (Å²) in [5, 5.41) is 6.62. The molecule has 0 aliphatic rings. The minimum absolute atomic E-state index is 0. The van der Waals surface area contributed by atoms with Crippen LogP contribution in [0.1, 0.15) is 32.8 Å². The van der Waals surface area contributed by atoms with Crippen molar-refractivity contribution in [1.29, 1.82) is 0 Å². The largest absolute Gasteiger partial charge is 0.493 e. The third-order valence-electron chi connectivity index (χ3n) is 3.48. The molecular weight excluding hydrogens is 421 g/mol. The molecule has 1 unspecified atom stereocenters. The van der Waals surface area contributed by atoms with Gasteiger partial charge in [-0.1, -0.05) is 6.92 Å². The van der Waals surface area contributed by atoms with Gasteiger partial charge in [0.25, 0.3) is 0 Å². The Bertz CT molecular complexity index is 499. The summed E-state index contributed by atoms with van der Waals surface area (Å²) in [5.41, 5.74) is 0.987. The molecular formula is C17H30IN3O3. The topological polar surface area (TPSA) is 64.1 Å². The van der Waals surface area contributed by atoms with E-state index in [1.54, 1.807) is 21.3 Å². The Morgan fingerprint density at radius 3 is 2.08 bits per heavy atom. The Kier molecular flexibility index (Phi) is 11.4. The van der Waals surface area contributed by atoms with E-state index in [4.69, 9.17) is 14.2 Å². The number of ether oxygens (including phenoxy) is 3. The highest BCUT2D eigenvalue weighted by Crippen LogP contribution is 2.38. The van der Waals surface area contributed by atoms with E-state index in [1.165, 1.54) is 0 Å². The second-order valence-corrected chi connectivity index (χ2v) is 5.18. The lowest BCUT2D eigenvalue weighted by Gasteiger charge is -2.17. The van der Waals surface area contributed by atoms with Crippen LogP contribution in [0.4, 0.5) is 0 Å². The summed E-state index contributed by atoms with van der Waals surface area (Å²) in [7, 11) is 4.81. The van der Waals surface area contributed by atoms with E-state index < -0.39 is 0 Å². The predicted molar refractivity (Wildman–Crippen MR) is 109 cm³/mol. The summed E-state index contributed by atoms with van der Waals surface area (Å²) in [6, 6.07) is 4.20. The SMILES string of the molecule is CCNC(=NCc1cc(OC)c(OC)c(OC)c1)NC(C)CC.I. The van der Waals surface area contributed by atoms with Crippen LogP contribution >= 0.6 is 24.0 Å². The summed E-state index contributed by atoms with van der Waals surface area (Å²) in [5.74, 6) is 2.66. The normalized spacial score (nSPS) is 12.0. The quantitative estimate of drug-likeness (QED) is 0.361. The average molecular weight is 451 g/mol. The first-order chi connectivity index (χ1) is 11.1. The third-order valence-corrected chi connectivity index (χ3v) is 3.48. The lowest BCUT2D eigenvalue weighted by Crippen LogP contribution is -2.41. The van der Waals surface area contributed by atoms with Crippen LogP contribution in [0.15, 0.2) is 17.1 Å². The maximum Gasteiger partial charge on any atom is 0.203 e. The zero-order valence-electron chi connectivity index (χ0n) is 15.4. The first-order valence-electron chi connectivity index (χ1n) is 7.93. The van der Waals surface area contributed by atoms with Gasteiger partial charge in [0.15, 0.2) is 17.5 Å². The molecule has 24 heavy (non-hydrogen) atoms. The molecule has 1 aromatic carbocycles. The molecule has 0 saturated heterocycles. The molecule has 138 valence electrons. The van der Waals surface area contributed by atoms with E-state index in [-0.39, 0.29) is 24.0 Å². The smallest absolute Gasteiger partial charge is 0.203 e. The number of aliphatic imine (C=N–C) groups is 1. The summed E-state index contributed by atoms with van der Waals surface area (Å²) in [6.07, 6.45) is 1.04. The van der Waals surface area contributed by atoms with Crippen LogP contribution in [0, 0.1) is 0 Å². The first kappa shape index (κ1) is 22.6. The van der Waals surface area contributed by atoms with Crippen LogP contribution in [-0.2, 0) is 6.54 Å². The maximum absolute atomic E-state index is 5.37. The van der Waals surface area contributed by atoms with Crippen LogP contribution in [0.25, 0.3) is 0 Å². The van der Waals surface area contributed by atoms with Crippen LogP contribution in [-0.4, -0.2) is 39.9 Å². The average Bonchev–Trinajstić information content (AvgIpc) is 2.58. The van der Waals surface area contributed by atoms with Crippen LogP contribution < -0.4 is 24.8 Å². The summed E-state index contributed by atoms with van der Waals surface area (Å²) < 4.78 is 16.1. The molecule has 1 rings (SSSR count). The van der Waals surface area contributed by atoms with Gasteiger partial charge in [-0.15, -0.1) is 24.0 Å². The lowest BCUT2D eigenvalue weighted by molar-refractivity contribution is 0.324. The molecule has 0 heterocycles. The van der Waals surface area contributed by atoms with Crippen molar-refractivity contribution >= 4 is 29.9 Å². The number of halogens is 1. The molecule has 1 aromatic rings. The van der Waals surface area contributed by atoms with E-state index in [0.29, 0.717) is 29.8 Å². The standard InChI is InChI=1S/C17H29N3O3.HI/c1-7-12(3)20-17(18-8-2)19-11-13-9-14(21-4)16(23-6)15(10-13)22-5;/h9-10,12H,7-8,11H2,1-6H3,(H2,18,19,20);1H. The van der Waals surface area contributed by atoms with Crippen LogP contribution in [0.2, 0.25) is 0 Å². The number of guanidine groups is 1. The van der Waals surface area contributed by atoms with Gasteiger partial charge in [0, 0.05) is 12.6 Å². The Morgan fingerprint density at radius 1 is 1.08 bits per heavy atom. The number of methoxy groups -OCH3 is 3. The van der Waals surface area contributed by atoms with Crippen molar-refractivity contribution in [2.45, 2.75) is 39.8 Å². The highest BCUT2D eigenvalue weighted by Gasteiger charge is 2.13. The minimum atomic E-state index is 0. The maximum atomic E-state index is 5.37. The minimum Gasteiger partial charge on any atom is -0.493 e. The van der Waals surface area contributed by atoms with Crippen LogP contribution in [0.5, 0.6) is 17.2 Å². The highest BCUT2D eigenvalue weighted by molar-refractivity contribution is 14.0. The van der Waals surface area contributed by atoms with Gasteiger partial charge >= 0.3 is 0 Å². The summed E-state index contributed by atoms with van der Waals surface area (Å²) in [6.45, 7) is 7.65. The Balaban J connectivity index is 0.00000529. The van der Waals surface area contributed by atoms with Crippen molar-refractivity contribution in [2.75, 3.05) is 27.9 Å². The van der Waals surface area contributed by atoms with Gasteiger partial charge in [0.05, 0.1) is 27.9 Å². The fraction of sp³-hybridized carbons (Fsp3) is 0.588. The number of nitrogens with one attached hydrogen (secondary N) is 2. The van der Waals surface area contributed by atoms with Crippen molar-refractivity contribution < 1.29 is 14.2 Å². The number of nitrogens with zero attached hydrogens (tertiary/aromatic N) is 1.